The Balaban J connectivity index is 3.51. The maximum atomic E-state index is 12.9. The lowest BCUT2D eigenvalue weighted by molar-refractivity contribution is 0.307. The minimum absolute atomic E-state index is 0.0400. The van der Waals surface area contributed by atoms with E-state index in [4.69, 9.17) is 4.74 Å². The summed E-state index contributed by atoms with van der Waals surface area (Å²) in [5.74, 6) is 0. The van der Waals surface area contributed by atoms with Gasteiger partial charge in [0.1, 0.15) is 0 Å². The molecular formula is C8H14F2OSSi. The van der Waals surface area contributed by atoms with Crippen molar-refractivity contribution in [2.75, 3.05) is 6.61 Å². The van der Waals surface area contributed by atoms with E-state index in [1.165, 1.54) is 6.08 Å². The SMILES string of the molecule is C=CC[Si](F)(F)CCCOC(C)=S. The lowest BCUT2D eigenvalue weighted by atomic mass is 10.5. The summed E-state index contributed by atoms with van der Waals surface area (Å²) in [6.45, 7) is 5.24. The van der Waals surface area contributed by atoms with E-state index in [2.05, 4.69) is 18.8 Å². The molecule has 0 fully saturated rings. The molecule has 1 nitrogen and oxygen atoms in total. The van der Waals surface area contributed by atoms with Crippen LogP contribution in [0.5, 0.6) is 0 Å². The third-order valence-electron chi connectivity index (χ3n) is 1.44. The van der Waals surface area contributed by atoms with Crippen LogP contribution in [0.2, 0.25) is 12.1 Å². The van der Waals surface area contributed by atoms with Gasteiger partial charge in [0.15, 0.2) is 5.05 Å². The van der Waals surface area contributed by atoms with E-state index in [9.17, 15) is 8.22 Å². The summed E-state index contributed by atoms with van der Waals surface area (Å²) in [6, 6.07) is -0.175. The summed E-state index contributed by atoms with van der Waals surface area (Å²) in [6.07, 6.45) is 1.67. The predicted octanol–water partition coefficient (Wildman–Crippen LogP) is 3.31. The van der Waals surface area contributed by atoms with Crippen molar-refractivity contribution >= 4 is 26.0 Å². The highest BCUT2D eigenvalue weighted by Gasteiger charge is 2.32. The Morgan fingerprint density at radius 1 is 1.62 bits per heavy atom. The largest absolute Gasteiger partial charge is 0.487 e. The minimum atomic E-state index is -4.02. The molecule has 76 valence electrons. The lowest BCUT2D eigenvalue weighted by Crippen LogP contribution is -2.21. The van der Waals surface area contributed by atoms with Gasteiger partial charge in [-0.05, 0) is 18.6 Å². The van der Waals surface area contributed by atoms with Crippen molar-refractivity contribution in [3.05, 3.63) is 12.7 Å². The van der Waals surface area contributed by atoms with E-state index in [0.29, 0.717) is 18.1 Å². The molecule has 0 heterocycles. The fourth-order valence-corrected chi connectivity index (χ4v) is 2.23. The molecule has 0 aromatic rings. The first-order chi connectivity index (χ1) is 5.98. The second kappa shape index (κ2) is 6.20. The summed E-state index contributed by atoms with van der Waals surface area (Å²) in [5, 5.41) is 0.411. The van der Waals surface area contributed by atoms with E-state index in [0.717, 1.165) is 0 Å². The molecule has 0 aromatic heterocycles. The van der Waals surface area contributed by atoms with E-state index in [1.807, 2.05) is 0 Å². The topological polar surface area (TPSA) is 9.23 Å². The predicted molar refractivity (Wildman–Crippen MR) is 56.6 cm³/mol. The van der Waals surface area contributed by atoms with Crippen molar-refractivity contribution in [3.8, 4) is 0 Å². The Kier molecular flexibility index (Phi) is 6.06. The van der Waals surface area contributed by atoms with Crippen LogP contribution in [0.4, 0.5) is 8.22 Å². The first kappa shape index (κ1) is 12.7. The Morgan fingerprint density at radius 2 is 2.23 bits per heavy atom. The molecule has 0 atom stereocenters. The first-order valence-electron chi connectivity index (χ1n) is 4.10. The molecule has 0 amide bonds. The number of ether oxygens (including phenoxy) is 1. The van der Waals surface area contributed by atoms with Gasteiger partial charge in [-0.1, -0.05) is 6.08 Å². The monoisotopic (exact) mass is 224 g/mol. The Labute approximate surface area is 84.1 Å². The molecule has 0 aliphatic heterocycles. The molecule has 0 radical (unpaired) electrons. The molecule has 5 heteroatoms. The van der Waals surface area contributed by atoms with E-state index in [-0.39, 0.29) is 12.1 Å². The summed E-state index contributed by atoms with van der Waals surface area (Å²) in [5.41, 5.74) is 0. The lowest BCUT2D eigenvalue weighted by Gasteiger charge is -2.10. The van der Waals surface area contributed by atoms with Crippen molar-refractivity contribution in [2.45, 2.75) is 25.4 Å². The van der Waals surface area contributed by atoms with Crippen LogP contribution in [-0.4, -0.2) is 20.4 Å². The highest BCUT2D eigenvalue weighted by molar-refractivity contribution is 7.80. The molecule has 0 saturated carbocycles. The van der Waals surface area contributed by atoms with E-state index >= 15 is 0 Å². The highest BCUT2D eigenvalue weighted by Crippen LogP contribution is 2.21. The smallest absolute Gasteiger partial charge is 0.428 e. The van der Waals surface area contributed by atoms with Gasteiger partial charge < -0.3 is 4.74 Å². The average molecular weight is 224 g/mol. The molecule has 13 heavy (non-hydrogen) atoms. The van der Waals surface area contributed by atoms with Gasteiger partial charge in [0, 0.05) is 19.0 Å². The molecule has 0 aliphatic rings. The summed E-state index contributed by atoms with van der Waals surface area (Å²) in [4.78, 5) is 0. The number of allylic oxidation sites excluding steroid dienone is 1. The number of thiocarbonyl (C=S) groups is 1. The van der Waals surface area contributed by atoms with Crippen LogP contribution in [0.3, 0.4) is 0 Å². The van der Waals surface area contributed by atoms with Gasteiger partial charge in [-0.2, -0.15) is 0 Å². The third kappa shape index (κ3) is 8.05. The van der Waals surface area contributed by atoms with Crippen LogP contribution in [0, 0.1) is 0 Å². The van der Waals surface area contributed by atoms with Crippen LogP contribution in [0.1, 0.15) is 13.3 Å². The van der Waals surface area contributed by atoms with Gasteiger partial charge in [-0.25, -0.2) is 0 Å². The standard InChI is InChI=1S/C8H14F2OSSi/c1-3-6-13(9,10)7-4-5-11-8(2)12/h3H,1,4-7H2,2H3. The molecule has 0 N–H and O–H groups in total. The van der Waals surface area contributed by atoms with E-state index in [1.54, 1.807) is 6.92 Å². The van der Waals surface area contributed by atoms with Gasteiger partial charge in [0.25, 0.3) is 0 Å². The van der Waals surface area contributed by atoms with Crippen LogP contribution in [0.15, 0.2) is 12.7 Å². The Hall–Kier alpha value is -0.293. The van der Waals surface area contributed by atoms with Gasteiger partial charge in [0.05, 0.1) is 6.61 Å². The minimum Gasteiger partial charge on any atom is -0.487 e. The van der Waals surface area contributed by atoms with Crippen molar-refractivity contribution < 1.29 is 13.0 Å². The maximum Gasteiger partial charge on any atom is 0.428 e. The first-order valence-corrected chi connectivity index (χ1v) is 6.68. The molecule has 0 bridgehead atoms. The summed E-state index contributed by atoms with van der Waals surface area (Å²) >= 11 is 4.64. The number of halogens is 2. The maximum absolute atomic E-state index is 12.9. The third-order valence-corrected chi connectivity index (χ3v) is 3.52. The molecule has 0 rings (SSSR count). The molecular weight excluding hydrogens is 210 g/mol. The average Bonchev–Trinajstić information content (AvgIpc) is 1.98. The second-order valence-electron chi connectivity index (χ2n) is 2.79. The summed E-state index contributed by atoms with van der Waals surface area (Å²) < 4.78 is 30.8. The zero-order chi connectivity index (χ0) is 10.3. The zero-order valence-corrected chi connectivity index (χ0v) is 9.50. The quantitative estimate of drug-likeness (QED) is 0.225. The van der Waals surface area contributed by atoms with Crippen LogP contribution in [0.25, 0.3) is 0 Å². The second-order valence-corrected chi connectivity index (χ2v) is 5.99. The van der Waals surface area contributed by atoms with E-state index < -0.39 is 8.74 Å². The number of rotatable bonds is 6. The fourth-order valence-electron chi connectivity index (χ4n) is 0.860. The zero-order valence-electron chi connectivity index (χ0n) is 7.69. The van der Waals surface area contributed by atoms with Gasteiger partial charge in [-0.15, -0.1) is 6.58 Å². The highest BCUT2D eigenvalue weighted by atomic mass is 32.1. The normalized spacial score (nSPS) is 11.0. The van der Waals surface area contributed by atoms with Crippen LogP contribution < -0.4 is 0 Å². The van der Waals surface area contributed by atoms with Crippen molar-refractivity contribution in [1.29, 1.82) is 0 Å². The van der Waals surface area contributed by atoms with Gasteiger partial charge in [0.2, 0.25) is 0 Å². The van der Waals surface area contributed by atoms with Crippen molar-refractivity contribution in [3.63, 3.8) is 0 Å². The molecule has 0 saturated heterocycles. The van der Waals surface area contributed by atoms with Crippen LogP contribution >= 0.6 is 12.2 Å². The van der Waals surface area contributed by atoms with Crippen molar-refractivity contribution in [1.82, 2.24) is 0 Å². The van der Waals surface area contributed by atoms with Gasteiger partial charge in [-0.3, -0.25) is 8.22 Å². The number of hydrogen-bond donors (Lipinski definition) is 0. The number of hydrogen-bond acceptors (Lipinski definition) is 2. The Morgan fingerprint density at radius 3 is 2.69 bits per heavy atom. The molecule has 0 spiro atoms. The summed E-state index contributed by atoms with van der Waals surface area (Å²) in [7, 11) is -4.02. The molecule has 0 unspecified atom stereocenters. The van der Waals surface area contributed by atoms with Crippen molar-refractivity contribution in [2.24, 2.45) is 0 Å². The Bertz CT molecular complexity index is 185. The fraction of sp³-hybridized carbons (Fsp3) is 0.625. The van der Waals surface area contributed by atoms with Gasteiger partial charge >= 0.3 is 8.74 Å². The van der Waals surface area contributed by atoms with Crippen LogP contribution in [-0.2, 0) is 4.74 Å². The molecule has 0 aliphatic carbocycles. The molecule has 0 aromatic carbocycles.